The van der Waals surface area contributed by atoms with E-state index in [1.54, 1.807) is 0 Å². The quantitative estimate of drug-likeness (QED) is 0.310. The second-order valence-corrected chi connectivity index (χ2v) is 13.7. The van der Waals surface area contributed by atoms with Gasteiger partial charge in [-0.3, -0.25) is 4.79 Å². The molecule has 0 aromatic carbocycles. The van der Waals surface area contributed by atoms with Gasteiger partial charge in [-0.25, -0.2) is 0 Å². The van der Waals surface area contributed by atoms with Gasteiger partial charge in [-0.15, -0.1) is 0 Å². The standard InChI is InChI=1S/C34H50N2O5/c1-6-8-31-35-32(41-36-31)34(17-18-34)30(40-23(4)37)15-10-21(2)27-13-14-28-24(9-7-16-33(27,28)5)11-12-25-19-26(38)20-29(39)22(25)3/h11-12,21,26-30,38-39H,3,6-10,13-20H2,1-2,4-5H3/t21-,26-,27-,28+,29+,30-,33-/m1/s1. The maximum Gasteiger partial charge on any atom is 0.302 e. The van der Waals surface area contributed by atoms with Crippen LogP contribution in [0.2, 0.25) is 0 Å². The molecular weight excluding hydrogens is 516 g/mol. The van der Waals surface area contributed by atoms with Crippen molar-refractivity contribution in [2.45, 2.75) is 135 Å². The van der Waals surface area contributed by atoms with E-state index in [1.165, 1.54) is 38.2 Å². The summed E-state index contributed by atoms with van der Waals surface area (Å²) in [5, 5.41) is 24.6. The van der Waals surface area contributed by atoms with Crippen LogP contribution >= 0.6 is 0 Å². The van der Waals surface area contributed by atoms with E-state index >= 15 is 0 Å². The van der Waals surface area contributed by atoms with Crippen LogP contribution in [0.3, 0.4) is 0 Å². The lowest BCUT2D eigenvalue weighted by Crippen LogP contribution is -2.37. The fraction of sp³-hybridized carbons (Fsp3) is 0.735. The molecule has 0 bridgehead atoms. The Hall–Kier alpha value is -2.25. The molecule has 7 nitrogen and oxygen atoms in total. The van der Waals surface area contributed by atoms with Crippen molar-refractivity contribution >= 4 is 5.97 Å². The minimum atomic E-state index is -0.652. The van der Waals surface area contributed by atoms with Gasteiger partial charge in [0.05, 0.1) is 17.6 Å². The average Bonchev–Trinajstić information content (AvgIpc) is 3.45. The molecule has 226 valence electrons. The van der Waals surface area contributed by atoms with E-state index in [4.69, 9.17) is 14.2 Å². The summed E-state index contributed by atoms with van der Waals surface area (Å²) in [5.74, 6) is 2.83. The van der Waals surface area contributed by atoms with Crippen LogP contribution in [0.25, 0.3) is 0 Å². The van der Waals surface area contributed by atoms with Crippen LogP contribution in [-0.2, 0) is 21.4 Å². The first-order valence-electron chi connectivity index (χ1n) is 16.0. The summed E-state index contributed by atoms with van der Waals surface area (Å²) in [6.45, 7) is 12.6. The summed E-state index contributed by atoms with van der Waals surface area (Å²) in [6.07, 6.45) is 15.3. The predicted octanol–water partition coefficient (Wildman–Crippen LogP) is 6.54. The first-order chi connectivity index (χ1) is 19.6. The molecule has 7 atom stereocenters. The number of rotatable bonds is 10. The summed E-state index contributed by atoms with van der Waals surface area (Å²) in [4.78, 5) is 16.8. The molecular formula is C34H50N2O5. The molecule has 0 amide bonds. The third kappa shape index (κ3) is 6.13. The fourth-order valence-electron chi connectivity index (χ4n) is 8.53. The smallest absolute Gasteiger partial charge is 0.302 e. The lowest BCUT2D eigenvalue weighted by Gasteiger charge is -2.44. The number of aliphatic hydroxyl groups excluding tert-OH is 2. The fourth-order valence-corrected chi connectivity index (χ4v) is 8.53. The van der Waals surface area contributed by atoms with Crippen molar-refractivity contribution in [3.63, 3.8) is 0 Å². The van der Waals surface area contributed by atoms with Crippen molar-refractivity contribution in [2.75, 3.05) is 0 Å². The highest BCUT2D eigenvalue weighted by atomic mass is 16.5. The molecule has 4 aliphatic carbocycles. The maximum absolute atomic E-state index is 12.1. The van der Waals surface area contributed by atoms with Crippen LogP contribution < -0.4 is 0 Å². The number of hydrogen-bond donors (Lipinski definition) is 2. The van der Waals surface area contributed by atoms with E-state index in [-0.39, 0.29) is 22.9 Å². The lowest BCUT2D eigenvalue weighted by atomic mass is 9.60. The third-order valence-corrected chi connectivity index (χ3v) is 11.0. The van der Waals surface area contributed by atoms with E-state index in [0.29, 0.717) is 36.5 Å². The molecule has 5 rings (SSSR count). The van der Waals surface area contributed by atoms with Crippen molar-refractivity contribution < 1.29 is 24.3 Å². The Morgan fingerprint density at radius 2 is 2.00 bits per heavy atom. The van der Waals surface area contributed by atoms with Crippen LogP contribution in [0.4, 0.5) is 0 Å². The van der Waals surface area contributed by atoms with E-state index < -0.39 is 12.2 Å². The Labute approximate surface area is 245 Å². The Bertz CT molecular complexity index is 1180. The normalized spacial score (nSPS) is 34.4. The first kappa shape index (κ1) is 30.2. The van der Waals surface area contributed by atoms with E-state index in [1.807, 2.05) is 0 Å². The van der Waals surface area contributed by atoms with Gasteiger partial charge >= 0.3 is 5.97 Å². The zero-order valence-corrected chi connectivity index (χ0v) is 25.5. The molecule has 1 aromatic heterocycles. The van der Waals surface area contributed by atoms with Gasteiger partial charge < -0.3 is 19.5 Å². The summed E-state index contributed by atoms with van der Waals surface area (Å²) in [6, 6.07) is 0. The summed E-state index contributed by atoms with van der Waals surface area (Å²) < 4.78 is 11.7. The van der Waals surface area contributed by atoms with Gasteiger partial charge in [0.2, 0.25) is 5.89 Å². The number of fused-ring (bicyclic) bond motifs is 1. The number of carbonyl (C=O) groups excluding carboxylic acids is 1. The second-order valence-electron chi connectivity index (χ2n) is 13.7. The van der Waals surface area contributed by atoms with Crippen LogP contribution in [-0.4, -0.2) is 44.6 Å². The van der Waals surface area contributed by atoms with E-state index in [0.717, 1.165) is 61.9 Å². The zero-order chi connectivity index (χ0) is 29.4. The van der Waals surface area contributed by atoms with Crippen LogP contribution in [0.15, 0.2) is 40.0 Å². The van der Waals surface area contributed by atoms with Crippen molar-refractivity contribution in [3.8, 4) is 0 Å². The molecule has 4 fully saturated rings. The monoisotopic (exact) mass is 566 g/mol. The summed E-state index contributed by atoms with van der Waals surface area (Å²) in [7, 11) is 0. The third-order valence-electron chi connectivity index (χ3n) is 11.0. The number of allylic oxidation sites excluding steroid dienone is 3. The van der Waals surface area contributed by atoms with Gasteiger partial charge in [0, 0.05) is 19.8 Å². The van der Waals surface area contributed by atoms with Gasteiger partial charge in [0.15, 0.2) is 5.82 Å². The van der Waals surface area contributed by atoms with Crippen molar-refractivity contribution in [1.82, 2.24) is 10.1 Å². The molecule has 41 heavy (non-hydrogen) atoms. The number of aryl methyl sites for hydroxylation is 1. The van der Waals surface area contributed by atoms with Gasteiger partial charge in [-0.05, 0) is 105 Å². The molecule has 7 heteroatoms. The molecule has 0 aliphatic heterocycles. The number of aliphatic hydroxyl groups is 2. The number of carbonyl (C=O) groups is 1. The van der Waals surface area contributed by atoms with Gasteiger partial charge in [-0.2, -0.15) is 4.98 Å². The average molecular weight is 567 g/mol. The number of esters is 1. The van der Waals surface area contributed by atoms with E-state index in [2.05, 4.69) is 44.7 Å². The summed E-state index contributed by atoms with van der Waals surface area (Å²) in [5.41, 5.74) is 3.16. The van der Waals surface area contributed by atoms with Crippen molar-refractivity contribution in [3.05, 3.63) is 47.2 Å². The minimum Gasteiger partial charge on any atom is -0.461 e. The Balaban J connectivity index is 1.27. The highest BCUT2D eigenvalue weighted by Gasteiger charge is 2.57. The SMILES string of the molecule is C=C1C(=CC=C2CCC[C@]3(C)[C@@H]([C@H](C)CC[C@@H](OC(C)=O)C4(c5nc(CCC)no5)CC4)CC[C@@H]23)C[C@@H](O)C[C@@H]1O. The topological polar surface area (TPSA) is 106 Å². The molecule has 0 unspecified atom stereocenters. The largest absolute Gasteiger partial charge is 0.461 e. The van der Waals surface area contributed by atoms with Gasteiger partial charge in [0.1, 0.15) is 6.10 Å². The number of nitrogens with zero attached hydrogens (tertiary/aromatic N) is 2. The number of aromatic nitrogens is 2. The molecule has 0 saturated heterocycles. The summed E-state index contributed by atoms with van der Waals surface area (Å²) >= 11 is 0. The van der Waals surface area contributed by atoms with E-state index in [9.17, 15) is 15.0 Å². The number of hydrogen-bond acceptors (Lipinski definition) is 7. The molecule has 4 aliphatic rings. The highest BCUT2D eigenvalue weighted by Crippen LogP contribution is 2.60. The van der Waals surface area contributed by atoms with Gasteiger partial charge in [0.25, 0.3) is 0 Å². The van der Waals surface area contributed by atoms with Crippen LogP contribution in [0, 0.1) is 23.2 Å². The predicted molar refractivity (Wildman–Crippen MR) is 158 cm³/mol. The zero-order valence-electron chi connectivity index (χ0n) is 25.5. The molecule has 2 N–H and O–H groups in total. The molecule has 0 radical (unpaired) electrons. The van der Waals surface area contributed by atoms with Crippen molar-refractivity contribution in [1.29, 1.82) is 0 Å². The Morgan fingerprint density at radius 1 is 1.22 bits per heavy atom. The number of ether oxygens (including phenoxy) is 1. The second kappa shape index (κ2) is 12.2. The minimum absolute atomic E-state index is 0.231. The maximum atomic E-state index is 12.1. The molecule has 0 spiro atoms. The lowest BCUT2D eigenvalue weighted by molar-refractivity contribution is -0.149. The van der Waals surface area contributed by atoms with Crippen molar-refractivity contribution in [2.24, 2.45) is 23.2 Å². The Kier molecular flexibility index (Phi) is 8.96. The molecule has 4 saturated carbocycles. The Morgan fingerprint density at radius 3 is 2.71 bits per heavy atom. The first-order valence-corrected chi connectivity index (χ1v) is 16.0. The molecule has 1 heterocycles. The van der Waals surface area contributed by atoms with Crippen LogP contribution in [0.1, 0.15) is 116 Å². The van der Waals surface area contributed by atoms with Gasteiger partial charge in [-0.1, -0.05) is 50.2 Å². The molecule has 1 aromatic rings. The van der Waals surface area contributed by atoms with Crippen LogP contribution in [0.5, 0.6) is 0 Å². The highest BCUT2D eigenvalue weighted by molar-refractivity contribution is 5.66.